The average molecular weight is 402 g/mol. The number of ether oxygens (including phenoxy) is 2. The molecule has 1 aromatic carbocycles. The van der Waals surface area contributed by atoms with Crippen molar-refractivity contribution in [2.24, 2.45) is 0 Å². The predicted octanol–water partition coefficient (Wildman–Crippen LogP) is 3.23. The molecule has 0 aliphatic carbocycles. The number of para-hydroxylation sites is 2. The molecule has 3 rings (SSSR count). The van der Waals surface area contributed by atoms with Crippen LogP contribution in [0, 0.1) is 6.92 Å². The Hall–Kier alpha value is -2.78. The summed E-state index contributed by atoms with van der Waals surface area (Å²) in [5.74, 6) is 2.10. The molecule has 0 aliphatic rings. The van der Waals surface area contributed by atoms with Crippen LogP contribution in [0.3, 0.4) is 0 Å². The fourth-order valence-corrected chi connectivity index (χ4v) is 3.42. The summed E-state index contributed by atoms with van der Waals surface area (Å²) in [5.41, 5.74) is 1.50. The van der Waals surface area contributed by atoms with Crippen molar-refractivity contribution in [3.8, 4) is 17.1 Å². The third-order valence-electron chi connectivity index (χ3n) is 4.05. The van der Waals surface area contributed by atoms with E-state index in [2.05, 4.69) is 15.5 Å². The molecule has 0 fully saturated rings. The van der Waals surface area contributed by atoms with Crippen LogP contribution in [0.4, 0.5) is 5.69 Å². The number of hydrogen-bond donors (Lipinski definition) is 1. The van der Waals surface area contributed by atoms with E-state index in [0.29, 0.717) is 35.6 Å². The number of nitrogens with zero attached hydrogens (tertiary/aromatic N) is 3. The first-order valence-electron chi connectivity index (χ1n) is 8.66. The number of rotatable bonds is 9. The fourth-order valence-electron chi connectivity index (χ4n) is 2.66. The second-order valence-electron chi connectivity index (χ2n) is 5.88. The van der Waals surface area contributed by atoms with Crippen molar-refractivity contribution in [2.45, 2.75) is 18.6 Å². The van der Waals surface area contributed by atoms with Gasteiger partial charge in [0.15, 0.2) is 11.0 Å². The minimum Gasteiger partial charge on any atom is -0.495 e. The lowest BCUT2D eigenvalue weighted by Crippen LogP contribution is -2.15. The molecule has 1 amide bonds. The summed E-state index contributed by atoms with van der Waals surface area (Å²) in [6.07, 6.45) is 1.62. The van der Waals surface area contributed by atoms with Gasteiger partial charge in [-0.25, -0.2) is 0 Å². The molecule has 2 aromatic heterocycles. The zero-order valence-corrected chi connectivity index (χ0v) is 16.8. The van der Waals surface area contributed by atoms with E-state index >= 15 is 0 Å². The Morgan fingerprint density at radius 2 is 2.07 bits per heavy atom. The molecule has 3 aromatic rings. The lowest BCUT2D eigenvalue weighted by Gasteiger charge is -2.11. The van der Waals surface area contributed by atoms with Crippen molar-refractivity contribution in [3.63, 3.8) is 0 Å². The van der Waals surface area contributed by atoms with Crippen molar-refractivity contribution in [1.29, 1.82) is 0 Å². The summed E-state index contributed by atoms with van der Waals surface area (Å²) in [7, 11) is 3.21. The van der Waals surface area contributed by atoms with Gasteiger partial charge >= 0.3 is 0 Å². The number of benzene rings is 1. The molecule has 0 spiro atoms. The van der Waals surface area contributed by atoms with Crippen LogP contribution < -0.4 is 10.1 Å². The SMILES string of the molecule is COCCn1c(SCC(=O)Nc2ccccc2OC)nnc1-c1ccoc1C. The van der Waals surface area contributed by atoms with E-state index in [-0.39, 0.29) is 11.7 Å². The van der Waals surface area contributed by atoms with E-state index in [1.165, 1.54) is 11.8 Å². The second kappa shape index (κ2) is 9.43. The topological polar surface area (TPSA) is 91.4 Å². The van der Waals surface area contributed by atoms with Crippen LogP contribution in [0.15, 0.2) is 46.2 Å². The fraction of sp³-hybridized carbons (Fsp3) is 0.316. The first kappa shape index (κ1) is 20.0. The number of aromatic nitrogens is 3. The first-order chi connectivity index (χ1) is 13.6. The van der Waals surface area contributed by atoms with Gasteiger partial charge in [0.25, 0.3) is 0 Å². The number of anilines is 1. The van der Waals surface area contributed by atoms with E-state index in [1.54, 1.807) is 32.6 Å². The van der Waals surface area contributed by atoms with Gasteiger partial charge in [-0.05, 0) is 25.1 Å². The van der Waals surface area contributed by atoms with Crippen molar-refractivity contribution in [1.82, 2.24) is 14.8 Å². The Labute approximate surface area is 167 Å². The van der Waals surface area contributed by atoms with Crippen LogP contribution in [0.2, 0.25) is 0 Å². The van der Waals surface area contributed by atoms with Gasteiger partial charge in [0.1, 0.15) is 11.5 Å². The molecule has 8 nitrogen and oxygen atoms in total. The minimum atomic E-state index is -0.156. The highest BCUT2D eigenvalue weighted by Crippen LogP contribution is 2.28. The Morgan fingerprint density at radius 1 is 1.25 bits per heavy atom. The smallest absolute Gasteiger partial charge is 0.234 e. The van der Waals surface area contributed by atoms with Crippen LogP contribution in [-0.2, 0) is 16.1 Å². The standard InChI is InChI=1S/C19H22N4O4S/c1-13-14(8-10-27-13)18-21-22-19(23(18)9-11-25-2)28-12-17(24)20-15-6-4-5-7-16(15)26-3/h4-8,10H,9,11-12H2,1-3H3,(H,20,24). The second-order valence-corrected chi connectivity index (χ2v) is 6.82. The number of furan rings is 1. The van der Waals surface area contributed by atoms with Gasteiger partial charge < -0.3 is 19.2 Å². The van der Waals surface area contributed by atoms with Gasteiger partial charge in [-0.1, -0.05) is 23.9 Å². The van der Waals surface area contributed by atoms with Gasteiger partial charge in [-0.3, -0.25) is 9.36 Å². The number of thioether (sulfide) groups is 1. The zero-order chi connectivity index (χ0) is 19.9. The van der Waals surface area contributed by atoms with Gasteiger partial charge in [0.2, 0.25) is 5.91 Å². The Morgan fingerprint density at radius 3 is 2.79 bits per heavy atom. The van der Waals surface area contributed by atoms with Gasteiger partial charge in [-0.15, -0.1) is 10.2 Å². The Kier molecular flexibility index (Phi) is 6.72. The highest BCUT2D eigenvalue weighted by molar-refractivity contribution is 7.99. The molecule has 0 saturated heterocycles. The molecule has 9 heteroatoms. The maximum atomic E-state index is 12.4. The maximum absolute atomic E-state index is 12.4. The highest BCUT2D eigenvalue weighted by Gasteiger charge is 2.18. The number of carbonyl (C=O) groups is 1. The van der Waals surface area contributed by atoms with E-state index in [0.717, 1.165) is 11.3 Å². The summed E-state index contributed by atoms with van der Waals surface area (Å²) >= 11 is 1.31. The molecule has 1 N–H and O–H groups in total. The normalized spacial score (nSPS) is 10.8. The van der Waals surface area contributed by atoms with Gasteiger partial charge in [0, 0.05) is 7.11 Å². The number of hydrogen-bond acceptors (Lipinski definition) is 7. The van der Waals surface area contributed by atoms with E-state index < -0.39 is 0 Å². The molecule has 0 atom stereocenters. The third kappa shape index (κ3) is 4.55. The molecule has 0 bridgehead atoms. The molecule has 0 radical (unpaired) electrons. The number of methoxy groups -OCH3 is 2. The van der Waals surface area contributed by atoms with E-state index in [4.69, 9.17) is 13.9 Å². The Bertz CT molecular complexity index is 938. The zero-order valence-electron chi connectivity index (χ0n) is 16.0. The van der Waals surface area contributed by atoms with Crippen molar-refractivity contribution in [3.05, 3.63) is 42.4 Å². The number of carbonyl (C=O) groups excluding carboxylic acids is 1. The number of aryl methyl sites for hydroxylation is 1. The third-order valence-corrected chi connectivity index (χ3v) is 5.02. The molecule has 0 aliphatic heterocycles. The quantitative estimate of drug-likeness (QED) is 0.549. The van der Waals surface area contributed by atoms with Crippen LogP contribution >= 0.6 is 11.8 Å². The summed E-state index contributed by atoms with van der Waals surface area (Å²) in [6, 6.07) is 9.13. The monoisotopic (exact) mass is 402 g/mol. The van der Waals surface area contributed by atoms with Crippen LogP contribution in [0.25, 0.3) is 11.4 Å². The Balaban J connectivity index is 1.72. The molecule has 0 saturated carbocycles. The number of amides is 1. The summed E-state index contributed by atoms with van der Waals surface area (Å²) in [5, 5.41) is 12.0. The molecular formula is C19H22N4O4S. The molecule has 28 heavy (non-hydrogen) atoms. The largest absolute Gasteiger partial charge is 0.495 e. The van der Waals surface area contributed by atoms with Gasteiger partial charge in [-0.2, -0.15) is 0 Å². The lowest BCUT2D eigenvalue weighted by molar-refractivity contribution is -0.113. The molecule has 148 valence electrons. The molecule has 0 unspecified atom stereocenters. The summed E-state index contributed by atoms with van der Waals surface area (Å²) in [6.45, 7) is 2.95. The highest BCUT2D eigenvalue weighted by atomic mass is 32.2. The van der Waals surface area contributed by atoms with Crippen LogP contribution in [-0.4, -0.2) is 47.3 Å². The van der Waals surface area contributed by atoms with E-state index in [1.807, 2.05) is 29.7 Å². The predicted molar refractivity (Wildman–Crippen MR) is 107 cm³/mol. The summed E-state index contributed by atoms with van der Waals surface area (Å²) in [4.78, 5) is 12.4. The van der Waals surface area contributed by atoms with Gasteiger partial charge in [0.05, 0.1) is 43.5 Å². The molecule has 2 heterocycles. The van der Waals surface area contributed by atoms with Crippen molar-refractivity contribution < 1.29 is 18.7 Å². The van der Waals surface area contributed by atoms with Crippen LogP contribution in [0.5, 0.6) is 5.75 Å². The first-order valence-corrected chi connectivity index (χ1v) is 9.65. The van der Waals surface area contributed by atoms with Crippen molar-refractivity contribution >= 4 is 23.4 Å². The number of nitrogens with one attached hydrogen (secondary N) is 1. The van der Waals surface area contributed by atoms with E-state index in [9.17, 15) is 4.79 Å². The van der Waals surface area contributed by atoms with Crippen molar-refractivity contribution in [2.75, 3.05) is 31.9 Å². The summed E-state index contributed by atoms with van der Waals surface area (Å²) < 4.78 is 17.8. The average Bonchev–Trinajstić information content (AvgIpc) is 3.30. The minimum absolute atomic E-state index is 0.156. The lowest BCUT2D eigenvalue weighted by atomic mass is 10.2. The maximum Gasteiger partial charge on any atom is 0.234 e. The van der Waals surface area contributed by atoms with Crippen LogP contribution in [0.1, 0.15) is 5.76 Å². The molecular weight excluding hydrogens is 380 g/mol.